The van der Waals surface area contributed by atoms with E-state index in [1.807, 2.05) is 62.4 Å². The van der Waals surface area contributed by atoms with E-state index in [0.717, 1.165) is 22.4 Å². The van der Waals surface area contributed by atoms with E-state index in [9.17, 15) is 9.90 Å². The van der Waals surface area contributed by atoms with Gasteiger partial charge in [-0.2, -0.15) is 0 Å². The van der Waals surface area contributed by atoms with Crippen LogP contribution >= 0.6 is 0 Å². The van der Waals surface area contributed by atoms with E-state index in [1.165, 1.54) is 0 Å². The molecule has 0 fully saturated rings. The minimum absolute atomic E-state index is 0.214. The fourth-order valence-electron chi connectivity index (χ4n) is 2.22. The normalized spacial score (nSPS) is 11.8. The molecular formula is C18H22N2O2. The molecule has 0 radical (unpaired) electrons. The number of carbonyl (C=O) groups excluding carboxylic acids is 1. The third-order valence-electron chi connectivity index (χ3n) is 3.67. The summed E-state index contributed by atoms with van der Waals surface area (Å²) < 4.78 is 0. The Hall–Kier alpha value is -2.33. The Labute approximate surface area is 131 Å². The van der Waals surface area contributed by atoms with Crippen molar-refractivity contribution in [3.05, 3.63) is 65.2 Å². The number of benzene rings is 2. The lowest BCUT2D eigenvalue weighted by atomic mass is 10.1. The summed E-state index contributed by atoms with van der Waals surface area (Å²) in [7, 11) is 0. The summed E-state index contributed by atoms with van der Waals surface area (Å²) >= 11 is 0. The number of amides is 2. The van der Waals surface area contributed by atoms with E-state index in [-0.39, 0.29) is 12.6 Å². The Morgan fingerprint density at radius 2 is 1.82 bits per heavy atom. The minimum Gasteiger partial charge on any atom is -0.391 e. The van der Waals surface area contributed by atoms with E-state index in [4.69, 9.17) is 0 Å². The van der Waals surface area contributed by atoms with Gasteiger partial charge in [-0.3, -0.25) is 0 Å². The van der Waals surface area contributed by atoms with Gasteiger partial charge in [-0.05, 0) is 36.6 Å². The number of rotatable bonds is 5. The number of aliphatic hydroxyl groups excluding tert-OH is 1. The van der Waals surface area contributed by atoms with Gasteiger partial charge in [0.1, 0.15) is 0 Å². The Balaban J connectivity index is 1.81. The summed E-state index contributed by atoms with van der Waals surface area (Å²) in [5, 5.41) is 15.5. The molecular weight excluding hydrogens is 276 g/mol. The summed E-state index contributed by atoms with van der Waals surface area (Å²) in [6.07, 6.45) is -0.0864. The van der Waals surface area contributed by atoms with Gasteiger partial charge in [0.2, 0.25) is 0 Å². The van der Waals surface area contributed by atoms with Crippen LogP contribution in [0.2, 0.25) is 0 Å². The summed E-state index contributed by atoms with van der Waals surface area (Å²) in [5.41, 5.74) is 4.01. The van der Waals surface area contributed by atoms with Crippen LogP contribution < -0.4 is 10.6 Å². The number of urea groups is 1. The molecule has 4 nitrogen and oxygen atoms in total. The smallest absolute Gasteiger partial charge is 0.319 e. The van der Waals surface area contributed by atoms with Gasteiger partial charge < -0.3 is 15.7 Å². The minimum atomic E-state index is -0.605. The SMILES string of the molecule is Cc1cccc(NC(=O)NCC(O)Cc2ccccc2)c1C. The van der Waals surface area contributed by atoms with E-state index < -0.39 is 6.10 Å². The molecule has 3 N–H and O–H groups in total. The third-order valence-corrected chi connectivity index (χ3v) is 3.67. The number of carbonyl (C=O) groups is 1. The molecule has 2 aromatic rings. The van der Waals surface area contributed by atoms with Crippen LogP contribution in [-0.2, 0) is 6.42 Å². The van der Waals surface area contributed by atoms with Crippen molar-refractivity contribution in [3.63, 3.8) is 0 Å². The highest BCUT2D eigenvalue weighted by Gasteiger charge is 2.09. The van der Waals surface area contributed by atoms with Gasteiger partial charge in [0.15, 0.2) is 0 Å². The van der Waals surface area contributed by atoms with Crippen molar-refractivity contribution in [2.24, 2.45) is 0 Å². The van der Waals surface area contributed by atoms with Crippen molar-refractivity contribution in [2.45, 2.75) is 26.4 Å². The van der Waals surface area contributed by atoms with Gasteiger partial charge in [-0.15, -0.1) is 0 Å². The molecule has 0 saturated heterocycles. The van der Waals surface area contributed by atoms with Crippen molar-refractivity contribution in [1.29, 1.82) is 0 Å². The second-order valence-electron chi connectivity index (χ2n) is 5.43. The number of aryl methyl sites for hydroxylation is 1. The predicted octanol–water partition coefficient (Wildman–Crippen LogP) is 3.03. The first-order valence-electron chi connectivity index (χ1n) is 7.39. The van der Waals surface area contributed by atoms with Crippen molar-refractivity contribution in [2.75, 3.05) is 11.9 Å². The molecule has 2 rings (SSSR count). The Kier molecular flexibility index (Phi) is 5.55. The zero-order valence-electron chi connectivity index (χ0n) is 13.0. The highest BCUT2D eigenvalue weighted by Crippen LogP contribution is 2.17. The Morgan fingerprint density at radius 3 is 2.55 bits per heavy atom. The quantitative estimate of drug-likeness (QED) is 0.794. The molecule has 4 heteroatoms. The molecule has 22 heavy (non-hydrogen) atoms. The average Bonchev–Trinajstić information content (AvgIpc) is 2.51. The van der Waals surface area contributed by atoms with Crippen molar-refractivity contribution >= 4 is 11.7 Å². The van der Waals surface area contributed by atoms with Crippen LogP contribution in [-0.4, -0.2) is 23.8 Å². The molecule has 116 valence electrons. The van der Waals surface area contributed by atoms with Gasteiger partial charge in [-0.1, -0.05) is 42.5 Å². The van der Waals surface area contributed by atoms with Gasteiger partial charge in [0.25, 0.3) is 0 Å². The summed E-state index contributed by atoms with van der Waals surface area (Å²) in [6, 6.07) is 15.2. The van der Waals surface area contributed by atoms with Crippen LogP contribution in [0.1, 0.15) is 16.7 Å². The largest absolute Gasteiger partial charge is 0.391 e. The average molecular weight is 298 g/mol. The van der Waals surface area contributed by atoms with Gasteiger partial charge in [-0.25, -0.2) is 4.79 Å². The molecule has 0 aliphatic heterocycles. The highest BCUT2D eigenvalue weighted by atomic mass is 16.3. The molecule has 2 aromatic carbocycles. The number of nitrogens with one attached hydrogen (secondary N) is 2. The molecule has 2 amide bonds. The predicted molar refractivity (Wildman–Crippen MR) is 89.1 cm³/mol. The molecule has 0 aliphatic rings. The standard InChI is InChI=1S/C18H22N2O2/c1-13-7-6-10-17(14(13)2)20-18(22)19-12-16(21)11-15-8-4-3-5-9-15/h3-10,16,21H,11-12H2,1-2H3,(H2,19,20,22). The zero-order chi connectivity index (χ0) is 15.9. The molecule has 0 saturated carbocycles. The monoisotopic (exact) mass is 298 g/mol. The van der Waals surface area contributed by atoms with Gasteiger partial charge in [0, 0.05) is 18.7 Å². The molecule has 1 unspecified atom stereocenters. The van der Waals surface area contributed by atoms with Gasteiger partial charge >= 0.3 is 6.03 Å². The first-order chi connectivity index (χ1) is 10.6. The molecule has 0 bridgehead atoms. The summed E-state index contributed by atoms with van der Waals surface area (Å²) in [5.74, 6) is 0. The maximum Gasteiger partial charge on any atom is 0.319 e. The van der Waals surface area contributed by atoms with Crippen LogP contribution in [0.4, 0.5) is 10.5 Å². The topological polar surface area (TPSA) is 61.4 Å². The van der Waals surface area contributed by atoms with E-state index in [2.05, 4.69) is 10.6 Å². The number of aliphatic hydroxyl groups is 1. The Morgan fingerprint density at radius 1 is 1.09 bits per heavy atom. The summed E-state index contributed by atoms with van der Waals surface area (Å²) in [4.78, 5) is 11.9. The highest BCUT2D eigenvalue weighted by molar-refractivity contribution is 5.90. The molecule has 0 heterocycles. The van der Waals surface area contributed by atoms with E-state index in [1.54, 1.807) is 0 Å². The first-order valence-corrected chi connectivity index (χ1v) is 7.39. The second kappa shape index (κ2) is 7.61. The molecule has 0 aromatic heterocycles. The Bertz CT molecular complexity index is 626. The van der Waals surface area contributed by atoms with Crippen LogP contribution in [0.5, 0.6) is 0 Å². The number of hydrogen-bond acceptors (Lipinski definition) is 2. The maximum atomic E-state index is 11.9. The van der Waals surface area contributed by atoms with Crippen LogP contribution in [0.25, 0.3) is 0 Å². The third kappa shape index (κ3) is 4.60. The van der Waals surface area contributed by atoms with Crippen molar-refractivity contribution < 1.29 is 9.90 Å². The number of anilines is 1. The van der Waals surface area contributed by atoms with E-state index >= 15 is 0 Å². The summed E-state index contributed by atoms with van der Waals surface area (Å²) in [6.45, 7) is 4.18. The second-order valence-corrected chi connectivity index (χ2v) is 5.43. The fourth-order valence-corrected chi connectivity index (χ4v) is 2.22. The van der Waals surface area contributed by atoms with E-state index in [0.29, 0.717) is 6.42 Å². The number of hydrogen-bond donors (Lipinski definition) is 3. The van der Waals surface area contributed by atoms with Crippen LogP contribution in [0, 0.1) is 13.8 Å². The van der Waals surface area contributed by atoms with Crippen molar-refractivity contribution in [3.8, 4) is 0 Å². The first kappa shape index (κ1) is 16.0. The maximum absolute atomic E-state index is 11.9. The lowest BCUT2D eigenvalue weighted by Gasteiger charge is -2.14. The molecule has 1 atom stereocenters. The van der Waals surface area contributed by atoms with Crippen LogP contribution in [0.3, 0.4) is 0 Å². The molecule has 0 spiro atoms. The van der Waals surface area contributed by atoms with Crippen molar-refractivity contribution in [1.82, 2.24) is 5.32 Å². The molecule has 0 aliphatic carbocycles. The van der Waals surface area contributed by atoms with Crippen LogP contribution in [0.15, 0.2) is 48.5 Å². The fraction of sp³-hybridized carbons (Fsp3) is 0.278. The zero-order valence-corrected chi connectivity index (χ0v) is 13.0. The lowest BCUT2D eigenvalue weighted by Crippen LogP contribution is -2.36. The lowest BCUT2D eigenvalue weighted by molar-refractivity contribution is 0.172. The van der Waals surface area contributed by atoms with Gasteiger partial charge in [0.05, 0.1) is 6.10 Å².